The molecule has 4 rings (SSSR count). The van der Waals surface area contributed by atoms with Crippen LogP contribution in [-0.4, -0.2) is 40.9 Å². The minimum absolute atomic E-state index is 0.241. The van der Waals surface area contributed by atoms with Crippen molar-refractivity contribution in [1.29, 1.82) is 0 Å². The van der Waals surface area contributed by atoms with Gasteiger partial charge in [0.05, 0.1) is 6.54 Å². The number of tetrazole rings is 1. The molecule has 9 heteroatoms. The molecule has 2 aromatic heterocycles. The monoisotopic (exact) mass is 445 g/mol. The number of unbranched alkanes of at least 4 members (excludes halogenated alkanes) is 1. The van der Waals surface area contributed by atoms with Gasteiger partial charge in [0, 0.05) is 18.4 Å². The number of nitrogens with zero attached hydrogens (tertiary/aromatic N) is 6. The highest BCUT2D eigenvalue weighted by Gasteiger charge is 2.18. The van der Waals surface area contributed by atoms with Gasteiger partial charge in [-0.15, -0.1) is 14.9 Å². The van der Waals surface area contributed by atoms with E-state index < -0.39 is 0 Å². The molecule has 0 radical (unpaired) electrons. The molecule has 0 fully saturated rings. The van der Waals surface area contributed by atoms with Gasteiger partial charge in [-0.3, -0.25) is 9.36 Å². The first kappa shape index (κ1) is 22.3. The molecule has 2 heterocycles. The topological polar surface area (TPSA) is 111 Å². The van der Waals surface area contributed by atoms with Crippen molar-refractivity contribution in [2.24, 2.45) is 0 Å². The zero-order valence-electron chi connectivity index (χ0n) is 18.9. The third-order valence-electron chi connectivity index (χ3n) is 5.50. The second kappa shape index (κ2) is 10.2. The van der Waals surface area contributed by atoms with Crippen molar-refractivity contribution in [1.82, 2.24) is 35.0 Å². The fourth-order valence-corrected chi connectivity index (χ4v) is 3.71. The fraction of sp³-hybridized carbons (Fsp3) is 0.333. The molecule has 0 aliphatic carbocycles. The van der Waals surface area contributed by atoms with E-state index in [0.717, 1.165) is 46.2 Å². The van der Waals surface area contributed by atoms with E-state index in [1.54, 1.807) is 4.57 Å². The third kappa shape index (κ3) is 4.97. The molecular formula is C24H27N7O2. The van der Waals surface area contributed by atoms with Gasteiger partial charge in [0.15, 0.2) is 5.82 Å². The van der Waals surface area contributed by atoms with Crippen LogP contribution in [0.2, 0.25) is 0 Å². The molecule has 0 saturated heterocycles. The van der Waals surface area contributed by atoms with Gasteiger partial charge in [0.25, 0.3) is 5.91 Å². The Labute approximate surface area is 191 Å². The number of benzene rings is 2. The Morgan fingerprint density at radius 2 is 1.79 bits per heavy atom. The summed E-state index contributed by atoms with van der Waals surface area (Å²) in [6, 6.07) is 16.0. The van der Waals surface area contributed by atoms with Crippen LogP contribution in [0, 0.1) is 0 Å². The molecule has 0 spiro atoms. The maximum Gasteiger partial charge on any atom is 0.353 e. The molecule has 0 amide bonds. The molecule has 4 aromatic rings. The summed E-state index contributed by atoms with van der Waals surface area (Å²) in [5.74, 6) is 1.02. The van der Waals surface area contributed by atoms with E-state index >= 15 is 0 Å². The van der Waals surface area contributed by atoms with Gasteiger partial charge in [-0.2, -0.15) is 0 Å². The van der Waals surface area contributed by atoms with Crippen molar-refractivity contribution in [3.8, 4) is 22.5 Å². The number of hydrogen-bond acceptors (Lipinski definition) is 6. The Morgan fingerprint density at radius 3 is 2.48 bits per heavy atom. The van der Waals surface area contributed by atoms with E-state index in [0.29, 0.717) is 31.0 Å². The molecule has 0 aliphatic rings. The molecule has 0 aliphatic heterocycles. The molecule has 0 saturated carbocycles. The smallest absolute Gasteiger partial charge is 0.274 e. The normalized spacial score (nSPS) is 11.1. The Hall–Kier alpha value is -3.88. The molecule has 0 bridgehead atoms. The quantitative estimate of drug-likeness (QED) is 0.420. The van der Waals surface area contributed by atoms with Crippen molar-refractivity contribution in [2.45, 2.75) is 52.5 Å². The SMILES string of the molecule is CCCCC(=O)n1nc(CCC)n(Cc2ccc(-c3cccc(-c4nnn[nH]4)c3)cc2)c1=O. The van der Waals surface area contributed by atoms with Crippen molar-refractivity contribution < 1.29 is 4.79 Å². The number of carbonyl (C=O) groups is 1. The summed E-state index contributed by atoms with van der Waals surface area (Å²) < 4.78 is 2.65. The Bertz CT molecular complexity index is 1270. The van der Waals surface area contributed by atoms with Crippen LogP contribution in [0.4, 0.5) is 0 Å². The number of aromatic amines is 1. The van der Waals surface area contributed by atoms with Crippen molar-refractivity contribution >= 4 is 5.91 Å². The molecule has 1 N–H and O–H groups in total. The van der Waals surface area contributed by atoms with Gasteiger partial charge in [-0.25, -0.2) is 9.89 Å². The summed E-state index contributed by atoms with van der Waals surface area (Å²) in [5.41, 5.74) is 3.58. The second-order valence-electron chi connectivity index (χ2n) is 7.97. The maximum atomic E-state index is 12.9. The Kier molecular flexibility index (Phi) is 6.87. The molecule has 9 nitrogen and oxygen atoms in total. The number of H-pyrrole nitrogens is 1. The minimum atomic E-state index is -0.364. The lowest BCUT2D eigenvalue weighted by molar-refractivity contribution is 0.0878. The zero-order chi connectivity index (χ0) is 23.2. The van der Waals surface area contributed by atoms with Gasteiger partial charge in [-0.1, -0.05) is 62.7 Å². The van der Waals surface area contributed by atoms with Crippen LogP contribution < -0.4 is 5.69 Å². The van der Waals surface area contributed by atoms with Crippen LogP contribution in [0.15, 0.2) is 53.3 Å². The summed E-state index contributed by atoms with van der Waals surface area (Å²) in [6.45, 7) is 4.42. The largest absolute Gasteiger partial charge is 0.353 e. The first-order valence-corrected chi connectivity index (χ1v) is 11.3. The highest BCUT2D eigenvalue weighted by molar-refractivity contribution is 5.77. The van der Waals surface area contributed by atoms with Crippen LogP contribution in [0.3, 0.4) is 0 Å². The first-order valence-electron chi connectivity index (χ1n) is 11.3. The molecule has 2 aromatic carbocycles. The summed E-state index contributed by atoms with van der Waals surface area (Å²) in [6.07, 6.45) is 3.46. The Balaban J connectivity index is 1.57. The molecule has 170 valence electrons. The number of aromatic nitrogens is 7. The molecular weight excluding hydrogens is 418 g/mol. The van der Waals surface area contributed by atoms with E-state index in [4.69, 9.17) is 0 Å². The van der Waals surface area contributed by atoms with Crippen LogP contribution in [0.25, 0.3) is 22.5 Å². The standard InChI is InChI=1S/C24H27N7O2/c1-3-5-10-22(32)31-24(33)30(21(27-31)7-4-2)16-17-11-13-18(14-12-17)19-8-6-9-20(15-19)23-25-28-29-26-23/h6,8-9,11-15H,3-5,7,10,16H2,1-2H3,(H,25,26,28,29). The summed E-state index contributed by atoms with van der Waals surface area (Å²) >= 11 is 0. The van der Waals surface area contributed by atoms with Crippen molar-refractivity contribution in [3.05, 3.63) is 70.4 Å². The van der Waals surface area contributed by atoms with Crippen LogP contribution in [-0.2, 0) is 13.0 Å². The van der Waals surface area contributed by atoms with Crippen molar-refractivity contribution in [2.75, 3.05) is 0 Å². The van der Waals surface area contributed by atoms with E-state index in [-0.39, 0.29) is 11.6 Å². The predicted molar refractivity (Wildman–Crippen MR) is 125 cm³/mol. The molecule has 0 atom stereocenters. The predicted octanol–water partition coefficient (Wildman–Crippen LogP) is 3.72. The van der Waals surface area contributed by atoms with Crippen molar-refractivity contribution in [3.63, 3.8) is 0 Å². The third-order valence-corrected chi connectivity index (χ3v) is 5.50. The highest BCUT2D eigenvalue weighted by atomic mass is 16.2. The van der Waals surface area contributed by atoms with E-state index in [2.05, 4.69) is 25.7 Å². The summed E-state index contributed by atoms with van der Waals surface area (Å²) in [7, 11) is 0. The maximum absolute atomic E-state index is 12.9. The summed E-state index contributed by atoms with van der Waals surface area (Å²) in [4.78, 5) is 25.4. The minimum Gasteiger partial charge on any atom is -0.274 e. The van der Waals surface area contributed by atoms with Gasteiger partial charge in [0.2, 0.25) is 0 Å². The van der Waals surface area contributed by atoms with Gasteiger partial charge >= 0.3 is 5.69 Å². The van der Waals surface area contributed by atoms with Crippen LogP contribution in [0.1, 0.15) is 55.7 Å². The second-order valence-corrected chi connectivity index (χ2v) is 7.97. The lowest BCUT2D eigenvalue weighted by atomic mass is 10.0. The van der Waals surface area contributed by atoms with Crippen LogP contribution in [0.5, 0.6) is 0 Å². The average molecular weight is 446 g/mol. The van der Waals surface area contributed by atoms with Gasteiger partial charge in [0.1, 0.15) is 5.82 Å². The van der Waals surface area contributed by atoms with E-state index in [9.17, 15) is 9.59 Å². The first-order chi connectivity index (χ1) is 16.1. The zero-order valence-corrected chi connectivity index (χ0v) is 18.9. The molecule has 33 heavy (non-hydrogen) atoms. The average Bonchev–Trinajstić information content (AvgIpc) is 3.48. The lowest BCUT2D eigenvalue weighted by Gasteiger charge is -2.08. The number of nitrogens with one attached hydrogen (secondary N) is 1. The molecule has 0 unspecified atom stereocenters. The van der Waals surface area contributed by atoms with Gasteiger partial charge < -0.3 is 0 Å². The van der Waals surface area contributed by atoms with Crippen LogP contribution >= 0.6 is 0 Å². The van der Waals surface area contributed by atoms with E-state index in [1.807, 2.05) is 62.4 Å². The fourth-order valence-electron chi connectivity index (χ4n) is 3.71. The Morgan fingerprint density at radius 1 is 1.00 bits per heavy atom. The number of carbonyl (C=O) groups excluding carboxylic acids is 1. The number of hydrogen-bond donors (Lipinski definition) is 1. The highest BCUT2D eigenvalue weighted by Crippen LogP contribution is 2.24. The lowest BCUT2D eigenvalue weighted by Crippen LogP contribution is -2.30. The number of aryl methyl sites for hydroxylation is 1. The van der Waals surface area contributed by atoms with Gasteiger partial charge in [-0.05, 0) is 46.0 Å². The van der Waals surface area contributed by atoms with E-state index in [1.165, 1.54) is 0 Å². The summed E-state index contributed by atoms with van der Waals surface area (Å²) in [5, 5.41) is 18.3. The number of rotatable bonds is 9.